The lowest BCUT2D eigenvalue weighted by molar-refractivity contribution is -0.179. The van der Waals surface area contributed by atoms with Gasteiger partial charge in [-0.3, -0.25) is 0 Å². The molecule has 0 unspecified atom stereocenters. The molecule has 0 radical (unpaired) electrons. The minimum atomic E-state index is -1.38. The highest BCUT2D eigenvalue weighted by molar-refractivity contribution is 7.13. The summed E-state index contributed by atoms with van der Waals surface area (Å²) in [6.07, 6.45) is 0. The van der Waals surface area contributed by atoms with Crippen molar-refractivity contribution in [3.8, 4) is 0 Å². The third kappa shape index (κ3) is 5.18. The number of carboxylic acids is 1. The third-order valence-electron chi connectivity index (χ3n) is 2.21. The van der Waals surface area contributed by atoms with Crippen molar-refractivity contribution in [1.82, 2.24) is 0 Å². The highest BCUT2D eigenvalue weighted by atomic mass is 32.1. The van der Waals surface area contributed by atoms with Gasteiger partial charge in [0.15, 0.2) is 0 Å². The van der Waals surface area contributed by atoms with E-state index >= 15 is 0 Å². The first-order valence-corrected chi connectivity index (χ1v) is 7.18. The smallest absolute Gasteiger partial charge is 0.359 e. The Morgan fingerprint density at radius 3 is 2.29 bits per heavy atom. The molecule has 1 rings (SSSR count). The second kappa shape index (κ2) is 6.26. The molecule has 1 heterocycles. The summed E-state index contributed by atoms with van der Waals surface area (Å²) in [5.41, 5.74) is -2.29. The summed E-state index contributed by atoms with van der Waals surface area (Å²) in [4.78, 5) is 28.8. The molecule has 0 bridgehead atoms. The van der Waals surface area contributed by atoms with E-state index in [0.29, 0.717) is 4.88 Å². The van der Waals surface area contributed by atoms with Crippen molar-refractivity contribution in [2.24, 2.45) is 5.16 Å². The Morgan fingerprint density at radius 2 is 1.86 bits per heavy atom. The molecule has 1 N–H and O–H groups in total. The molecular weight excluding hydrogens is 294 g/mol. The zero-order chi connectivity index (χ0) is 16.3. The highest BCUT2D eigenvalue weighted by Gasteiger charge is 2.35. The summed E-state index contributed by atoms with van der Waals surface area (Å²) in [7, 11) is 0. The fourth-order valence-corrected chi connectivity index (χ4v) is 1.90. The number of aliphatic carboxylic acids is 1. The predicted octanol–water partition coefficient (Wildman–Crippen LogP) is 2.67. The molecule has 7 heteroatoms. The van der Waals surface area contributed by atoms with Gasteiger partial charge in [-0.2, -0.15) is 0 Å². The maximum atomic E-state index is 12.0. The van der Waals surface area contributed by atoms with Crippen LogP contribution in [0.3, 0.4) is 0 Å². The number of carbonyl (C=O) groups is 2. The first-order valence-electron chi connectivity index (χ1n) is 6.30. The van der Waals surface area contributed by atoms with Crippen molar-refractivity contribution in [1.29, 1.82) is 0 Å². The maximum Gasteiger partial charge on any atom is 0.359 e. The maximum absolute atomic E-state index is 12.0. The van der Waals surface area contributed by atoms with E-state index in [1.165, 1.54) is 25.2 Å². The van der Waals surface area contributed by atoms with Crippen LogP contribution in [0.2, 0.25) is 0 Å². The van der Waals surface area contributed by atoms with Gasteiger partial charge in [-0.25, -0.2) is 9.59 Å². The minimum Gasteiger partial charge on any atom is -0.476 e. The van der Waals surface area contributed by atoms with Gasteiger partial charge in [0.1, 0.15) is 5.60 Å². The summed E-state index contributed by atoms with van der Waals surface area (Å²) in [6.45, 7) is 8.15. The predicted molar refractivity (Wildman–Crippen MR) is 79.5 cm³/mol. The molecule has 0 fully saturated rings. The molecule has 0 spiro atoms. The molecule has 0 saturated heterocycles. The monoisotopic (exact) mass is 313 g/mol. The molecule has 0 aliphatic rings. The van der Waals surface area contributed by atoms with Gasteiger partial charge in [0.05, 0.1) is 4.88 Å². The summed E-state index contributed by atoms with van der Waals surface area (Å²) in [5, 5.41) is 14.5. The first kappa shape index (κ1) is 17.2. The van der Waals surface area contributed by atoms with E-state index in [9.17, 15) is 9.59 Å². The Bertz CT molecular complexity index is 540. The van der Waals surface area contributed by atoms with Crippen molar-refractivity contribution in [3.05, 3.63) is 22.4 Å². The Balaban J connectivity index is 2.89. The highest BCUT2D eigenvalue weighted by Crippen LogP contribution is 2.19. The summed E-state index contributed by atoms with van der Waals surface area (Å²) < 4.78 is 5.21. The molecule has 0 saturated carbocycles. The van der Waals surface area contributed by atoms with Crippen molar-refractivity contribution in [2.75, 3.05) is 0 Å². The number of carboxylic acid groups (broad SMARTS) is 1. The van der Waals surface area contributed by atoms with Gasteiger partial charge < -0.3 is 14.7 Å². The molecule has 0 aliphatic carbocycles. The molecule has 0 aliphatic heterocycles. The average Bonchev–Trinajstić information content (AvgIpc) is 2.79. The van der Waals surface area contributed by atoms with Crippen molar-refractivity contribution in [2.45, 2.75) is 45.8 Å². The van der Waals surface area contributed by atoms with Crippen LogP contribution in [-0.2, 0) is 19.2 Å². The fourth-order valence-electron chi connectivity index (χ4n) is 1.20. The van der Waals surface area contributed by atoms with Gasteiger partial charge in [-0.05, 0) is 46.1 Å². The van der Waals surface area contributed by atoms with Crippen LogP contribution < -0.4 is 0 Å². The van der Waals surface area contributed by atoms with Crippen LogP contribution in [0.1, 0.15) is 39.5 Å². The number of esters is 1. The van der Waals surface area contributed by atoms with Gasteiger partial charge in [0.2, 0.25) is 11.3 Å². The molecule has 6 nitrogen and oxygen atoms in total. The second-order valence-electron chi connectivity index (χ2n) is 5.83. The van der Waals surface area contributed by atoms with E-state index in [1.807, 2.05) is 0 Å². The van der Waals surface area contributed by atoms with Gasteiger partial charge in [-0.1, -0.05) is 11.2 Å². The van der Waals surface area contributed by atoms with Crippen LogP contribution in [0.4, 0.5) is 0 Å². The lowest BCUT2D eigenvalue weighted by atomic mass is 10.1. The topological polar surface area (TPSA) is 85.2 Å². The number of thiophene rings is 1. The van der Waals surface area contributed by atoms with Crippen LogP contribution in [0.25, 0.3) is 0 Å². The van der Waals surface area contributed by atoms with Crippen molar-refractivity contribution >= 4 is 29.0 Å². The van der Waals surface area contributed by atoms with Gasteiger partial charge in [0, 0.05) is 0 Å². The van der Waals surface area contributed by atoms with Crippen LogP contribution in [-0.4, -0.2) is 34.0 Å². The molecule has 0 amide bonds. The Hall–Kier alpha value is -1.89. The van der Waals surface area contributed by atoms with E-state index in [2.05, 4.69) is 5.16 Å². The number of oxime groups is 1. The largest absolute Gasteiger partial charge is 0.476 e. The Morgan fingerprint density at radius 1 is 1.24 bits per heavy atom. The standard InChI is InChI=1S/C14H19NO5S/c1-13(2,3)19-12(18)14(4,5)20-15-10(11(16)17)9-7-6-8-21-9/h6-8H,1-5H3,(H,16,17)/b15-10+. The fraction of sp³-hybridized carbons (Fsp3) is 0.500. The van der Waals surface area contributed by atoms with Crippen LogP contribution in [0, 0.1) is 0 Å². The van der Waals surface area contributed by atoms with E-state index in [1.54, 1.807) is 38.3 Å². The summed E-state index contributed by atoms with van der Waals surface area (Å²) in [5.74, 6) is -1.84. The van der Waals surface area contributed by atoms with Gasteiger partial charge >= 0.3 is 11.9 Å². The normalized spacial score (nSPS) is 12.9. The third-order valence-corrected chi connectivity index (χ3v) is 3.09. The quantitative estimate of drug-likeness (QED) is 0.513. The zero-order valence-electron chi connectivity index (χ0n) is 12.7. The lowest BCUT2D eigenvalue weighted by Crippen LogP contribution is -2.40. The molecule has 1 aromatic heterocycles. The van der Waals surface area contributed by atoms with E-state index < -0.39 is 23.1 Å². The number of hydrogen-bond acceptors (Lipinski definition) is 6. The molecule has 1 aromatic rings. The van der Waals surface area contributed by atoms with E-state index in [4.69, 9.17) is 14.7 Å². The lowest BCUT2D eigenvalue weighted by Gasteiger charge is -2.26. The average molecular weight is 313 g/mol. The minimum absolute atomic E-state index is 0.248. The molecule has 0 aromatic carbocycles. The van der Waals surface area contributed by atoms with Crippen molar-refractivity contribution in [3.63, 3.8) is 0 Å². The zero-order valence-corrected chi connectivity index (χ0v) is 13.5. The number of nitrogens with zero attached hydrogens (tertiary/aromatic N) is 1. The Kier molecular flexibility index (Phi) is 5.11. The van der Waals surface area contributed by atoms with Crippen LogP contribution in [0.15, 0.2) is 22.7 Å². The molecule has 116 valence electrons. The van der Waals surface area contributed by atoms with Crippen LogP contribution >= 0.6 is 11.3 Å². The van der Waals surface area contributed by atoms with Gasteiger partial charge in [0.25, 0.3) is 0 Å². The molecule has 0 atom stereocenters. The van der Waals surface area contributed by atoms with Gasteiger partial charge in [-0.15, -0.1) is 11.3 Å². The number of rotatable bonds is 5. The van der Waals surface area contributed by atoms with Crippen molar-refractivity contribution < 1.29 is 24.3 Å². The second-order valence-corrected chi connectivity index (χ2v) is 6.77. The molecule has 21 heavy (non-hydrogen) atoms. The number of carbonyl (C=O) groups excluding carboxylic acids is 1. The van der Waals surface area contributed by atoms with E-state index in [0.717, 1.165) is 0 Å². The number of ether oxygens (including phenoxy) is 1. The summed E-state index contributed by atoms with van der Waals surface area (Å²) >= 11 is 1.22. The SMILES string of the molecule is CC(C)(C)OC(=O)C(C)(C)O/N=C(/C(=O)O)c1cccs1. The Labute approximate surface area is 127 Å². The van der Waals surface area contributed by atoms with E-state index in [-0.39, 0.29) is 5.71 Å². The van der Waals surface area contributed by atoms with Crippen LogP contribution in [0.5, 0.6) is 0 Å². The first-order chi connectivity index (χ1) is 9.53. The number of hydrogen-bond donors (Lipinski definition) is 1. The molecular formula is C14H19NO5S. The summed E-state index contributed by atoms with van der Waals surface area (Å²) in [6, 6.07) is 3.32.